The Morgan fingerprint density at radius 1 is 0.971 bits per heavy atom. The molecule has 5 nitrogen and oxygen atoms in total. The van der Waals surface area contributed by atoms with Gasteiger partial charge in [0.05, 0.1) is 5.69 Å². The minimum absolute atomic E-state index is 0.0455. The van der Waals surface area contributed by atoms with E-state index in [1.165, 1.54) is 37.7 Å². The van der Waals surface area contributed by atoms with Gasteiger partial charge in [0.15, 0.2) is 5.78 Å². The van der Waals surface area contributed by atoms with Crippen LogP contribution in [0.15, 0.2) is 54.6 Å². The summed E-state index contributed by atoms with van der Waals surface area (Å²) < 4.78 is 1.60. The van der Waals surface area contributed by atoms with Crippen molar-refractivity contribution in [2.24, 2.45) is 13.0 Å². The number of hydrogen-bond donors (Lipinski definition) is 1. The molecule has 0 unspecified atom stereocenters. The topological polar surface area (TPSA) is 64.0 Å². The summed E-state index contributed by atoms with van der Waals surface area (Å²) in [6, 6.07) is 17.0. The highest BCUT2D eigenvalue weighted by Gasteiger charge is 2.22. The first kappa shape index (κ1) is 23.9. The Bertz CT molecular complexity index is 1160. The van der Waals surface area contributed by atoms with Gasteiger partial charge in [0.1, 0.15) is 5.69 Å². The number of ketones is 1. The quantitative estimate of drug-likeness (QED) is 0.440. The number of aromatic nitrogens is 2. The molecule has 0 atom stereocenters. The number of carbonyl (C=O) groups excluding carboxylic acids is 2. The molecule has 1 heterocycles. The molecule has 0 saturated heterocycles. The molecule has 1 aliphatic rings. The van der Waals surface area contributed by atoms with E-state index < -0.39 is 0 Å². The minimum atomic E-state index is -0.248. The number of anilines is 1. The van der Waals surface area contributed by atoms with Crippen LogP contribution < -0.4 is 5.32 Å². The summed E-state index contributed by atoms with van der Waals surface area (Å²) in [5, 5.41) is 7.39. The largest absolute Gasteiger partial charge is 0.321 e. The molecule has 1 amide bonds. The smallest absolute Gasteiger partial charge is 0.273 e. The van der Waals surface area contributed by atoms with Crippen molar-refractivity contribution in [3.05, 3.63) is 82.7 Å². The highest BCUT2D eigenvalue weighted by atomic mass is 16.2. The Balaban J connectivity index is 1.44. The third-order valence-electron chi connectivity index (χ3n) is 6.73. The SMILES string of the molecule is Cn1nc(C(C)(C)C)cc1C(=O)Nc1cccc(C(=O)c2ccc(CC3CCCCC3)cc2)c1. The van der Waals surface area contributed by atoms with Crippen LogP contribution in [0.5, 0.6) is 0 Å². The summed E-state index contributed by atoms with van der Waals surface area (Å²) in [6.45, 7) is 6.19. The molecule has 2 aromatic carbocycles. The van der Waals surface area contributed by atoms with Gasteiger partial charge in [-0.25, -0.2) is 0 Å². The summed E-state index contributed by atoms with van der Waals surface area (Å²) in [6.07, 6.45) is 7.77. The molecule has 1 aliphatic carbocycles. The second-order valence-corrected chi connectivity index (χ2v) is 10.6. The van der Waals surface area contributed by atoms with E-state index in [9.17, 15) is 9.59 Å². The molecule has 34 heavy (non-hydrogen) atoms. The third kappa shape index (κ3) is 5.64. The molecule has 3 aromatic rings. The lowest BCUT2D eigenvalue weighted by Gasteiger charge is -2.21. The molecule has 1 N–H and O–H groups in total. The van der Waals surface area contributed by atoms with Gasteiger partial charge in [-0.05, 0) is 36.1 Å². The van der Waals surface area contributed by atoms with Crippen molar-refractivity contribution < 1.29 is 9.59 Å². The lowest BCUT2D eigenvalue weighted by atomic mass is 9.84. The van der Waals surface area contributed by atoms with E-state index in [2.05, 4.69) is 43.3 Å². The summed E-state index contributed by atoms with van der Waals surface area (Å²) in [5.41, 5.74) is 4.30. The van der Waals surface area contributed by atoms with Gasteiger partial charge in [0.25, 0.3) is 5.91 Å². The predicted octanol–water partition coefficient (Wildman–Crippen LogP) is 6.32. The molecule has 0 radical (unpaired) electrons. The zero-order chi connectivity index (χ0) is 24.3. The Morgan fingerprint density at radius 2 is 1.68 bits per heavy atom. The van der Waals surface area contributed by atoms with Gasteiger partial charge in [0, 0.05) is 29.3 Å². The monoisotopic (exact) mass is 457 g/mol. The molecular weight excluding hydrogens is 422 g/mol. The molecule has 1 saturated carbocycles. The van der Waals surface area contributed by atoms with E-state index in [-0.39, 0.29) is 17.1 Å². The Labute approximate surface area is 202 Å². The van der Waals surface area contributed by atoms with Crippen molar-refractivity contribution in [1.82, 2.24) is 9.78 Å². The maximum absolute atomic E-state index is 13.1. The Morgan fingerprint density at radius 3 is 2.32 bits per heavy atom. The fourth-order valence-corrected chi connectivity index (χ4v) is 4.66. The second kappa shape index (κ2) is 9.96. The van der Waals surface area contributed by atoms with Crippen molar-refractivity contribution >= 4 is 17.4 Å². The number of nitrogens with zero attached hydrogens (tertiary/aromatic N) is 2. The van der Waals surface area contributed by atoms with Gasteiger partial charge >= 0.3 is 0 Å². The van der Waals surface area contributed by atoms with E-state index in [1.54, 1.807) is 36.0 Å². The highest BCUT2D eigenvalue weighted by Crippen LogP contribution is 2.27. The molecule has 0 bridgehead atoms. The van der Waals surface area contributed by atoms with Crippen molar-refractivity contribution in [3.8, 4) is 0 Å². The van der Waals surface area contributed by atoms with Crippen LogP contribution in [0.1, 0.15) is 90.5 Å². The van der Waals surface area contributed by atoms with E-state index in [4.69, 9.17) is 0 Å². The van der Waals surface area contributed by atoms with Crippen LogP contribution in [0, 0.1) is 5.92 Å². The van der Waals surface area contributed by atoms with Crippen LogP contribution in [0.25, 0.3) is 0 Å². The van der Waals surface area contributed by atoms with Crippen molar-refractivity contribution in [2.45, 2.75) is 64.7 Å². The zero-order valence-corrected chi connectivity index (χ0v) is 20.7. The molecular formula is C29H35N3O2. The van der Waals surface area contributed by atoms with Crippen molar-refractivity contribution in [3.63, 3.8) is 0 Å². The number of amides is 1. The van der Waals surface area contributed by atoms with Crippen LogP contribution >= 0.6 is 0 Å². The van der Waals surface area contributed by atoms with Crippen molar-refractivity contribution in [2.75, 3.05) is 5.32 Å². The van der Waals surface area contributed by atoms with E-state index in [1.807, 2.05) is 18.2 Å². The van der Waals surface area contributed by atoms with Gasteiger partial charge in [0.2, 0.25) is 0 Å². The second-order valence-electron chi connectivity index (χ2n) is 10.6. The fourth-order valence-electron chi connectivity index (χ4n) is 4.66. The summed E-state index contributed by atoms with van der Waals surface area (Å²) in [4.78, 5) is 26.0. The number of nitrogens with one attached hydrogen (secondary N) is 1. The number of rotatable bonds is 6. The average molecular weight is 458 g/mol. The lowest BCUT2D eigenvalue weighted by Crippen LogP contribution is -2.16. The number of aryl methyl sites for hydroxylation is 1. The van der Waals surface area contributed by atoms with Crippen LogP contribution in [0.3, 0.4) is 0 Å². The molecule has 1 fully saturated rings. The van der Waals surface area contributed by atoms with Crippen LogP contribution in [0.2, 0.25) is 0 Å². The van der Waals surface area contributed by atoms with Gasteiger partial charge in [-0.3, -0.25) is 14.3 Å². The first-order chi connectivity index (χ1) is 16.2. The highest BCUT2D eigenvalue weighted by molar-refractivity contribution is 6.10. The molecule has 1 aromatic heterocycles. The Hall–Kier alpha value is -3.21. The first-order valence-electron chi connectivity index (χ1n) is 12.3. The van der Waals surface area contributed by atoms with E-state index >= 15 is 0 Å². The van der Waals surface area contributed by atoms with Crippen LogP contribution in [-0.4, -0.2) is 21.5 Å². The van der Waals surface area contributed by atoms with Crippen LogP contribution in [-0.2, 0) is 18.9 Å². The summed E-state index contributed by atoms with van der Waals surface area (Å²) in [5.74, 6) is 0.479. The van der Waals surface area contributed by atoms with Crippen molar-refractivity contribution in [1.29, 1.82) is 0 Å². The maximum atomic E-state index is 13.1. The number of carbonyl (C=O) groups is 2. The van der Waals surface area contributed by atoms with Gasteiger partial charge < -0.3 is 5.32 Å². The van der Waals surface area contributed by atoms with Gasteiger partial charge in [-0.1, -0.05) is 89.3 Å². The predicted molar refractivity (Wildman–Crippen MR) is 136 cm³/mol. The first-order valence-corrected chi connectivity index (χ1v) is 12.3. The number of benzene rings is 2. The molecule has 5 heteroatoms. The lowest BCUT2D eigenvalue weighted by molar-refractivity contribution is 0.101. The van der Waals surface area contributed by atoms with E-state index in [0.29, 0.717) is 22.5 Å². The molecule has 4 rings (SSSR count). The average Bonchev–Trinajstić information content (AvgIpc) is 3.22. The normalized spacial score (nSPS) is 14.7. The summed E-state index contributed by atoms with van der Waals surface area (Å²) >= 11 is 0. The fraction of sp³-hybridized carbons (Fsp3) is 0.414. The molecule has 0 aliphatic heterocycles. The van der Waals surface area contributed by atoms with Crippen LogP contribution in [0.4, 0.5) is 5.69 Å². The van der Waals surface area contributed by atoms with E-state index in [0.717, 1.165) is 18.0 Å². The summed E-state index contributed by atoms with van der Waals surface area (Å²) in [7, 11) is 1.77. The zero-order valence-electron chi connectivity index (χ0n) is 20.7. The third-order valence-corrected chi connectivity index (χ3v) is 6.73. The van der Waals surface area contributed by atoms with Gasteiger partial charge in [-0.15, -0.1) is 0 Å². The van der Waals surface area contributed by atoms with Gasteiger partial charge in [-0.2, -0.15) is 5.10 Å². The molecule has 178 valence electrons. The molecule has 0 spiro atoms. The standard InChI is InChI=1S/C29H35N3O2/c1-29(2,3)26-19-25(32(4)31-26)28(34)30-24-12-8-11-23(18-24)27(33)22-15-13-21(14-16-22)17-20-9-6-5-7-10-20/h8,11-16,18-20H,5-7,9-10,17H2,1-4H3,(H,30,34). The maximum Gasteiger partial charge on any atom is 0.273 e. The minimum Gasteiger partial charge on any atom is -0.321 e. The Kier molecular flexibility index (Phi) is 7.01. The number of hydrogen-bond acceptors (Lipinski definition) is 3.